The van der Waals surface area contributed by atoms with Gasteiger partial charge in [0, 0.05) is 5.92 Å². The molecule has 1 aromatic heterocycles. The molecule has 4 heteroatoms. The fourth-order valence-corrected chi connectivity index (χ4v) is 2.23. The lowest BCUT2D eigenvalue weighted by atomic mass is 9.84. The van der Waals surface area contributed by atoms with Crippen molar-refractivity contribution in [1.29, 1.82) is 0 Å². The minimum absolute atomic E-state index is 0.299. The predicted molar refractivity (Wildman–Crippen MR) is 68.7 cm³/mol. The van der Waals surface area contributed by atoms with Gasteiger partial charge in [0.05, 0.1) is 18.0 Å². The highest BCUT2D eigenvalue weighted by molar-refractivity contribution is 5.91. The quantitative estimate of drug-likeness (QED) is 0.769. The summed E-state index contributed by atoms with van der Waals surface area (Å²) in [5.41, 5.74) is 2.13. The number of rotatable bonds is 4. The van der Waals surface area contributed by atoms with E-state index in [1.165, 1.54) is 19.3 Å². The largest absolute Gasteiger partial charge is 0.462 e. The van der Waals surface area contributed by atoms with Gasteiger partial charge < -0.3 is 4.74 Å². The highest BCUT2D eigenvalue weighted by Gasteiger charge is 2.25. The molecule has 1 fully saturated rings. The lowest BCUT2D eigenvalue weighted by Gasteiger charge is -2.25. The molecule has 98 valence electrons. The second kappa shape index (κ2) is 5.46. The second-order valence-corrected chi connectivity index (χ2v) is 4.69. The number of carbonyl (C=O) groups excluding carboxylic acids is 1. The monoisotopic (exact) mass is 248 g/mol. The molecular formula is C14H20N2O2. The Labute approximate surface area is 108 Å². The maximum atomic E-state index is 11.9. The summed E-state index contributed by atoms with van der Waals surface area (Å²) in [5.74, 6) is 1.10. The zero-order chi connectivity index (χ0) is 13.1. The minimum atomic E-state index is -0.299. The molecule has 1 aliphatic rings. The molecule has 0 amide bonds. The van der Waals surface area contributed by atoms with Crippen molar-refractivity contribution in [3.63, 3.8) is 0 Å². The number of ether oxygens (including phenoxy) is 1. The first-order valence-electron chi connectivity index (χ1n) is 6.71. The summed E-state index contributed by atoms with van der Waals surface area (Å²) in [6.07, 6.45) is 4.33. The fourth-order valence-electron chi connectivity index (χ4n) is 2.23. The number of hydrogen-bond donors (Lipinski definition) is 0. The van der Waals surface area contributed by atoms with Crippen LogP contribution in [0.15, 0.2) is 0 Å². The Bertz CT molecular complexity index is 453. The molecule has 0 radical (unpaired) electrons. The molecule has 0 bridgehead atoms. The minimum Gasteiger partial charge on any atom is -0.462 e. The van der Waals surface area contributed by atoms with Crippen molar-refractivity contribution in [1.82, 2.24) is 9.97 Å². The number of nitrogens with zero attached hydrogens (tertiary/aromatic N) is 2. The molecular weight excluding hydrogens is 228 g/mol. The average Bonchev–Trinajstić information content (AvgIpc) is 2.25. The van der Waals surface area contributed by atoms with Crippen molar-refractivity contribution < 1.29 is 9.53 Å². The van der Waals surface area contributed by atoms with Crippen molar-refractivity contribution in [2.75, 3.05) is 6.61 Å². The zero-order valence-electron chi connectivity index (χ0n) is 11.3. The van der Waals surface area contributed by atoms with E-state index in [1.54, 1.807) is 0 Å². The van der Waals surface area contributed by atoms with Crippen LogP contribution < -0.4 is 0 Å². The van der Waals surface area contributed by atoms with Crippen molar-refractivity contribution in [3.05, 3.63) is 22.8 Å². The lowest BCUT2D eigenvalue weighted by molar-refractivity contribution is 0.0523. The molecule has 0 aromatic carbocycles. The van der Waals surface area contributed by atoms with Crippen LogP contribution in [-0.4, -0.2) is 22.5 Å². The van der Waals surface area contributed by atoms with Crippen molar-refractivity contribution in [2.45, 2.75) is 52.4 Å². The number of aromatic nitrogens is 2. The van der Waals surface area contributed by atoms with Crippen LogP contribution in [0, 0.1) is 6.92 Å². The van der Waals surface area contributed by atoms with E-state index in [9.17, 15) is 4.79 Å². The molecule has 18 heavy (non-hydrogen) atoms. The van der Waals surface area contributed by atoms with E-state index in [1.807, 2.05) is 20.8 Å². The Morgan fingerprint density at radius 1 is 1.33 bits per heavy atom. The maximum Gasteiger partial charge on any atom is 0.341 e. The Kier molecular flexibility index (Phi) is 3.94. The zero-order valence-corrected chi connectivity index (χ0v) is 11.3. The van der Waals surface area contributed by atoms with Gasteiger partial charge in [-0.1, -0.05) is 13.3 Å². The molecule has 1 aliphatic carbocycles. The van der Waals surface area contributed by atoms with Gasteiger partial charge in [-0.15, -0.1) is 0 Å². The summed E-state index contributed by atoms with van der Waals surface area (Å²) in [5, 5.41) is 0. The maximum absolute atomic E-state index is 11.9. The van der Waals surface area contributed by atoms with Crippen molar-refractivity contribution in [2.24, 2.45) is 0 Å². The van der Waals surface area contributed by atoms with E-state index in [2.05, 4.69) is 9.97 Å². The number of hydrogen-bond acceptors (Lipinski definition) is 4. The third-order valence-electron chi connectivity index (χ3n) is 3.47. The van der Waals surface area contributed by atoms with Gasteiger partial charge in [0.1, 0.15) is 11.4 Å². The predicted octanol–water partition coefficient (Wildman–Crippen LogP) is 2.79. The van der Waals surface area contributed by atoms with E-state index in [-0.39, 0.29) is 5.97 Å². The summed E-state index contributed by atoms with van der Waals surface area (Å²) in [4.78, 5) is 21.0. The van der Waals surface area contributed by atoms with Gasteiger partial charge >= 0.3 is 5.97 Å². The summed E-state index contributed by atoms with van der Waals surface area (Å²) in [7, 11) is 0. The molecule has 0 unspecified atom stereocenters. The first-order valence-corrected chi connectivity index (χ1v) is 6.71. The van der Waals surface area contributed by atoms with Crippen LogP contribution in [0.25, 0.3) is 0 Å². The lowest BCUT2D eigenvalue weighted by Crippen LogP contribution is -2.19. The fraction of sp³-hybridized carbons (Fsp3) is 0.643. The first-order chi connectivity index (χ1) is 8.67. The van der Waals surface area contributed by atoms with Gasteiger partial charge in [-0.2, -0.15) is 0 Å². The first kappa shape index (κ1) is 13.0. The SMILES string of the molecule is CCOC(=O)c1c(C)nc(C2CCC2)nc1CC. The Balaban J connectivity index is 2.37. The van der Waals surface area contributed by atoms with E-state index < -0.39 is 0 Å². The Hall–Kier alpha value is -1.45. The summed E-state index contributed by atoms with van der Waals surface area (Å²) < 4.78 is 5.07. The molecule has 0 saturated heterocycles. The Morgan fingerprint density at radius 3 is 2.56 bits per heavy atom. The molecule has 2 rings (SSSR count). The molecule has 0 N–H and O–H groups in total. The van der Waals surface area contributed by atoms with Crippen LogP contribution in [0.4, 0.5) is 0 Å². The standard InChI is InChI=1S/C14H20N2O2/c1-4-11-12(14(17)18-5-2)9(3)15-13(16-11)10-7-6-8-10/h10H,4-8H2,1-3H3. The molecule has 1 saturated carbocycles. The van der Waals surface area contributed by atoms with Crippen LogP contribution in [0.3, 0.4) is 0 Å². The van der Waals surface area contributed by atoms with E-state index >= 15 is 0 Å². The summed E-state index contributed by atoms with van der Waals surface area (Å²) >= 11 is 0. The van der Waals surface area contributed by atoms with Crippen LogP contribution in [-0.2, 0) is 11.2 Å². The van der Waals surface area contributed by atoms with E-state index in [0.717, 1.165) is 23.6 Å². The molecule has 0 atom stereocenters. The number of esters is 1. The van der Waals surface area contributed by atoms with Gasteiger partial charge in [-0.05, 0) is 33.1 Å². The van der Waals surface area contributed by atoms with Crippen LogP contribution in [0.1, 0.15) is 66.6 Å². The van der Waals surface area contributed by atoms with Crippen LogP contribution in [0.2, 0.25) is 0 Å². The molecule has 0 spiro atoms. The third-order valence-corrected chi connectivity index (χ3v) is 3.47. The van der Waals surface area contributed by atoms with E-state index in [4.69, 9.17) is 4.74 Å². The van der Waals surface area contributed by atoms with Crippen LogP contribution >= 0.6 is 0 Å². The Morgan fingerprint density at radius 2 is 2.06 bits per heavy atom. The van der Waals surface area contributed by atoms with Crippen molar-refractivity contribution in [3.8, 4) is 0 Å². The topological polar surface area (TPSA) is 52.1 Å². The third kappa shape index (κ3) is 2.37. The molecule has 1 aromatic rings. The van der Waals surface area contributed by atoms with Gasteiger partial charge in [-0.3, -0.25) is 0 Å². The van der Waals surface area contributed by atoms with Crippen molar-refractivity contribution >= 4 is 5.97 Å². The number of carbonyl (C=O) groups is 1. The molecule has 0 aliphatic heterocycles. The number of aryl methyl sites for hydroxylation is 2. The van der Waals surface area contributed by atoms with E-state index in [0.29, 0.717) is 18.1 Å². The highest BCUT2D eigenvalue weighted by Crippen LogP contribution is 2.34. The second-order valence-electron chi connectivity index (χ2n) is 4.69. The molecule has 1 heterocycles. The summed E-state index contributed by atoms with van der Waals surface area (Å²) in [6, 6.07) is 0. The highest BCUT2D eigenvalue weighted by atomic mass is 16.5. The van der Waals surface area contributed by atoms with Gasteiger partial charge in [0.2, 0.25) is 0 Å². The van der Waals surface area contributed by atoms with Gasteiger partial charge in [0.15, 0.2) is 0 Å². The average molecular weight is 248 g/mol. The van der Waals surface area contributed by atoms with Gasteiger partial charge in [-0.25, -0.2) is 14.8 Å². The van der Waals surface area contributed by atoms with Gasteiger partial charge in [0.25, 0.3) is 0 Å². The van der Waals surface area contributed by atoms with Crippen LogP contribution in [0.5, 0.6) is 0 Å². The smallest absolute Gasteiger partial charge is 0.341 e. The normalized spacial score (nSPS) is 15.3. The molecule has 4 nitrogen and oxygen atoms in total. The summed E-state index contributed by atoms with van der Waals surface area (Å²) in [6.45, 7) is 6.07.